The molecule has 5 nitrogen and oxygen atoms in total. The van der Waals surface area contributed by atoms with Gasteiger partial charge in [0.05, 0.1) is 12.8 Å². The van der Waals surface area contributed by atoms with E-state index in [0.29, 0.717) is 16.6 Å². The second-order valence-electron chi connectivity index (χ2n) is 4.32. The first-order chi connectivity index (χ1) is 9.62. The van der Waals surface area contributed by atoms with E-state index in [2.05, 4.69) is 21.9 Å². The Morgan fingerprint density at radius 1 is 1.40 bits per heavy atom. The van der Waals surface area contributed by atoms with Crippen molar-refractivity contribution in [1.29, 1.82) is 0 Å². The Balaban J connectivity index is 2.12. The van der Waals surface area contributed by atoms with Crippen molar-refractivity contribution in [1.82, 2.24) is 15.0 Å². The number of aryl methyl sites for hydroxylation is 2. The minimum atomic E-state index is -0.133. The van der Waals surface area contributed by atoms with E-state index >= 15 is 0 Å². The first-order valence-electron chi connectivity index (χ1n) is 6.35. The van der Waals surface area contributed by atoms with Crippen LogP contribution in [0.5, 0.6) is 5.75 Å². The topological polar surface area (TPSA) is 67.9 Å². The molecule has 0 spiro atoms. The van der Waals surface area contributed by atoms with Gasteiger partial charge in [0.15, 0.2) is 5.16 Å². The summed E-state index contributed by atoms with van der Waals surface area (Å²) < 4.78 is 5.34. The van der Waals surface area contributed by atoms with Crippen molar-refractivity contribution >= 4 is 11.8 Å². The second kappa shape index (κ2) is 6.56. The van der Waals surface area contributed by atoms with E-state index in [0.717, 1.165) is 23.4 Å². The number of nitrogens with zero attached hydrogens (tertiary/aromatic N) is 2. The van der Waals surface area contributed by atoms with Crippen molar-refractivity contribution in [3.63, 3.8) is 0 Å². The molecule has 2 heterocycles. The first kappa shape index (κ1) is 14.6. The van der Waals surface area contributed by atoms with E-state index in [9.17, 15) is 4.79 Å². The Kier molecular flexibility index (Phi) is 4.79. The highest BCUT2D eigenvalue weighted by atomic mass is 32.2. The fourth-order valence-corrected chi connectivity index (χ4v) is 2.63. The molecule has 6 heteroatoms. The molecule has 0 atom stereocenters. The van der Waals surface area contributed by atoms with Crippen molar-refractivity contribution in [3.8, 4) is 5.75 Å². The molecule has 0 aromatic carbocycles. The molecule has 2 aromatic heterocycles. The molecule has 2 aromatic rings. The van der Waals surface area contributed by atoms with E-state index < -0.39 is 0 Å². The van der Waals surface area contributed by atoms with Crippen molar-refractivity contribution < 1.29 is 4.74 Å². The Hall–Kier alpha value is -1.82. The van der Waals surface area contributed by atoms with Crippen LogP contribution in [0.2, 0.25) is 0 Å². The van der Waals surface area contributed by atoms with Gasteiger partial charge in [0.25, 0.3) is 5.56 Å². The molecular weight excluding hydrogens is 274 g/mol. The van der Waals surface area contributed by atoms with Crippen LogP contribution in [0.4, 0.5) is 0 Å². The van der Waals surface area contributed by atoms with E-state index in [1.807, 2.05) is 12.3 Å². The lowest BCUT2D eigenvalue weighted by molar-refractivity contribution is 0.409. The van der Waals surface area contributed by atoms with Crippen LogP contribution in [0.25, 0.3) is 0 Å². The molecule has 0 fully saturated rings. The Labute approximate surface area is 121 Å². The Bertz CT molecular complexity index is 655. The van der Waals surface area contributed by atoms with Gasteiger partial charge in [-0.2, -0.15) is 0 Å². The zero-order valence-corrected chi connectivity index (χ0v) is 12.6. The quantitative estimate of drug-likeness (QED) is 0.676. The van der Waals surface area contributed by atoms with Gasteiger partial charge < -0.3 is 9.72 Å². The summed E-state index contributed by atoms with van der Waals surface area (Å²) in [5.74, 6) is 1.48. The van der Waals surface area contributed by atoms with E-state index in [1.165, 1.54) is 17.8 Å². The van der Waals surface area contributed by atoms with Gasteiger partial charge in [-0.3, -0.25) is 9.78 Å². The average molecular weight is 291 g/mol. The predicted octanol–water partition coefficient (Wildman–Crippen LogP) is 2.34. The standard InChI is InChI=1S/C14H17N3O2S/c1-4-10-7-15-11(6-12(10)19-3)8-20-14-16-9(2)5-13(18)17-14/h5-7H,4,8H2,1-3H3,(H,16,17,18). The molecule has 106 valence electrons. The maximum absolute atomic E-state index is 11.4. The van der Waals surface area contributed by atoms with Crippen LogP contribution in [0.15, 0.2) is 28.3 Å². The zero-order chi connectivity index (χ0) is 14.5. The van der Waals surface area contributed by atoms with Crippen molar-refractivity contribution in [3.05, 3.63) is 45.6 Å². The highest BCUT2D eigenvalue weighted by molar-refractivity contribution is 7.98. The van der Waals surface area contributed by atoms with Gasteiger partial charge in [0.1, 0.15) is 5.75 Å². The van der Waals surface area contributed by atoms with Crippen molar-refractivity contribution in [2.24, 2.45) is 0 Å². The maximum Gasteiger partial charge on any atom is 0.251 e. The molecule has 0 saturated carbocycles. The lowest BCUT2D eigenvalue weighted by Crippen LogP contribution is -2.08. The number of pyridine rings is 1. The predicted molar refractivity (Wildman–Crippen MR) is 79.3 cm³/mol. The maximum atomic E-state index is 11.4. The minimum absolute atomic E-state index is 0.133. The highest BCUT2D eigenvalue weighted by Gasteiger charge is 2.06. The van der Waals surface area contributed by atoms with Gasteiger partial charge in [0, 0.05) is 35.3 Å². The summed E-state index contributed by atoms with van der Waals surface area (Å²) in [7, 11) is 1.66. The molecule has 0 radical (unpaired) electrons. The molecule has 0 amide bonds. The minimum Gasteiger partial charge on any atom is -0.496 e. The number of rotatable bonds is 5. The van der Waals surface area contributed by atoms with Gasteiger partial charge >= 0.3 is 0 Å². The molecule has 0 aliphatic rings. The van der Waals surface area contributed by atoms with Gasteiger partial charge in [-0.1, -0.05) is 18.7 Å². The summed E-state index contributed by atoms with van der Waals surface area (Å²) in [6, 6.07) is 3.40. The third kappa shape index (κ3) is 3.60. The molecule has 0 unspecified atom stereocenters. The molecule has 20 heavy (non-hydrogen) atoms. The molecule has 2 rings (SSSR count). The summed E-state index contributed by atoms with van der Waals surface area (Å²) in [6.45, 7) is 3.87. The van der Waals surface area contributed by atoms with E-state index in [-0.39, 0.29) is 5.56 Å². The van der Waals surface area contributed by atoms with Gasteiger partial charge in [-0.15, -0.1) is 0 Å². The summed E-state index contributed by atoms with van der Waals surface area (Å²) in [5.41, 5.74) is 2.56. The normalized spacial score (nSPS) is 10.6. The lowest BCUT2D eigenvalue weighted by Gasteiger charge is -2.08. The lowest BCUT2D eigenvalue weighted by atomic mass is 10.2. The van der Waals surface area contributed by atoms with Crippen LogP contribution in [0.3, 0.4) is 0 Å². The fourth-order valence-electron chi connectivity index (χ4n) is 1.80. The number of thioether (sulfide) groups is 1. The number of hydrogen-bond acceptors (Lipinski definition) is 5. The molecule has 0 bridgehead atoms. The van der Waals surface area contributed by atoms with E-state index in [4.69, 9.17) is 4.74 Å². The van der Waals surface area contributed by atoms with E-state index in [1.54, 1.807) is 14.0 Å². The Morgan fingerprint density at radius 2 is 2.20 bits per heavy atom. The second-order valence-corrected chi connectivity index (χ2v) is 5.29. The average Bonchev–Trinajstić information content (AvgIpc) is 2.43. The molecular formula is C14H17N3O2S. The van der Waals surface area contributed by atoms with Gasteiger partial charge in [0.2, 0.25) is 0 Å². The summed E-state index contributed by atoms with van der Waals surface area (Å²) in [4.78, 5) is 22.7. The van der Waals surface area contributed by atoms with Crippen LogP contribution >= 0.6 is 11.8 Å². The fraction of sp³-hybridized carbons (Fsp3) is 0.357. The molecule has 0 aliphatic carbocycles. The SMILES string of the molecule is CCc1cnc(CSc2nc(C)cc(=O)[nH]2)cc1OC. The molecule has 0 aliphatic heterocycles. The van der Waals surface area contributed by atoms with Crippen LogP contribution in [0.1, 0.15) is 23.9 Å². The van der Waals surface area contributed by atoms with Crippen molar-refractivity contribution in [2.75, 3.05) is 7.11 Å². The molecule has 1 N–H and O–H groups in total. The number of hydrogen-bond donors (Lipinski definition) is 1. The number of nitrogens with one attached hydrogen (secondary N) is 1. The van der Waals surface area contributed by atoms with Gasteiger partial charge in [-0.05, 0) is 13.3 Å². The third-order valence-electron chi connectivity index (χ3n) is 2.81. The molecule has 0 saturated heterocycles. The number of methoxy groups -OCH3 is 1. The largest absolute Gasteiger partial charge is 0.496 e. The zero-order valence-electron chi connectivity index (χ0n) is 11.8. The Morgan fingerprint density at radius 3 is 2.85 bits per heavy atom. The van der Waals surface area contributed by atoms with Crippen LogP contribution < -0.4 is 10.3 Å². The third-order valence-corrected chi connectivity index (χ3v) is 3.71. The monoisotopic (exact) mass is 291 g/mol. The highest BCUT2D eigenvalue weighted by Crippen LogP contribution is 2.23. The van der Waals surface area contributed by atoms with Gasteiger partial charge in [-0.25, -0.2) is 4.98 Å². The summed E-state index contributed by atoms with van der Waals surface area (Å²) >= 11 is 1.45. The van der Waals surface area contributed by atoms with Crippen LogP contribution in [-0.2, 0) is 12.2 Å². The first-order valence-corrected chi connectivity index (χ1v) is 7.33. The van der Waals surface area contributed by atoms with Crippen LogP contribution in [-0.4, -0.2) is 22.1 Å². The number of aromatic nitrogens is 3. The smallest absolute Gasteiger partial charge is 0.251 e. The number of ether oxygens (including phenoxy) is 1. The van der Waals surface area contributed by atoms with Crippen LogP contribution in [0, 0.1) is 6.92 Å². The number of H-pyrrole nitrogens is 1. The van der Waals surface area contributed by atoms with Crippen molar-refractivity contribution in [2.45, 2.75) is 31.2 Å². The summed E-state index contributed by atoms with van der Waals surface area (Å²) in [5, 5.41) is 0.607. The number of aromatic amines is 1. The summed E-state index contributed by atoms with van der Waals surface area (Å²) in [6.07, 6.45) is 2.72.